The Morgan fingerprint density at radius 3 is 2.65 bits per heavy atom. The first kappa shape index (κ1) is 12.1. The molecule has 6 heteroatoms. The summed E-state index contributed by atoms with van der Waals surface area (Å²) in [7, 11) is -3.65. The minimum atomic E-state index is -3.65. The van der Waals surface area contributed by atoms with E-state index >= 15 is 0 Å². The summed E-state index contributed by atoms with van der Waals surface area (Å²) in [5.74, 6) is -1.00. The van der Waals surface area contributed by atoms with Gasteiger partial charge in [0.1, 0.15) is 10.7 Å². The molecule has 2 aromatic rings. The summed E-state index contributed by atoms with van der Waals surface area (Å²) in [6.45, 7) is 0. The molecule has 90 valence electrons. The van der Waals surface area contributed by atoms with E-state index in [0.29, 0.717) is 5.56 Å². The van der Waals surface area contributed by atoms with Crippen LogP contribution >= 0.6 is 11.3 Å². The van der Waals surface area contributed by atoms with Crippen LogP contribution in [-0.4, -0.2) is 8.42 Å². The fourth-order valence-corrected chi connectivity index (χ4v) is 3.62. The Morgan fingerprint density at radius 1 is 1.29 bits per heavy atom. The van der Waals surface area contributed by atoms with Gasteiger partial charge in [0.2, 0.25) is 0 Å². The second-order valence-electron chi connectivity index (χ2n) is 3.58. The van der Waals surface area contributed by atoms with Gasteiger partial charge in [-0.1, -0.05) is 0 Å². The molecule has 0 unspecified atom stereocenters. The summed E-state index contributed by atoms with van der Waals surface area (Å²) in [4.78, 5) is -0.307. The molecule has 0 aliphatic rings. The highest BCUT2D eigenvalue weighted by Crippen LogP contribution is 2.22. The quantitative estimate of drug-likeness (QED) is 0.872. The first-order chi connectivity index (χ1) is 7.99. The van der Waals surface area contributed by atoms with Gasteiger partial charge in [-0.2, -0.15) is 11.3 Å². The molecule has 0 aliphatic carbocycles. The van der Waals surface area contributed by atoms with Gasteiger partial charge < -0.3 is 5.73 Å². The van der Waals surface area contributed by atoms with E-state index in [2.05, 4.69) is 0 Å². The van der Waals surface area contributed by atoms with Gasteiger partial charge in [-0.05, 0) is 40.6 Å². The van der Waals surface area contributed by atoms with Crippen LogP contribution in [0.3, 0.4) is 0 Å². The predicted molar refractivity (Wildman–Crippen MR) is 66.0 cm³/mol. The van der Waals surface area contributed by atoms with E-state index in [-0.39, 0.29) is 16.3 Å². The van der Waals surface area contributed by atoms with Crippen LogP contribution in [0.1, 0.15) is 5.56 Å². The van der Waals surface area contributed by atoms with Crippen molar-refractivity contribution < 1.29 is 12.8 Å². The molecule has 1 aromatic heterocycles. The lowest BCUT2D eigenvalue weighted by Gasteiger charge is -2.05. The zero-order valence-corrected chi connectivity index (χ0v) is 10.4. The summed E-state index contributed by atoms with van der Waals surface area (Å²) in [6, 6.07) is 5.30. The van der Waals surface area contributed by atoms with Crippen LogP contribution in [0.2, 0.25) is 0 Å². The number of nitrogen functional groups attached to an aromatic ring is 1. The lowest BCUT2D eigenvalue weighted by atomic mass is 10.3. The molecule has 0 spiro atoms. The second kappa shape index (κ2) is 4.46. The molecule has 0 saturated carbocycles. The molecule has 0 atom stereocenters. The fourth-order valence-electron chi connectivity index (χ4n) is 1.44. The number of anilines is 1. The van der Waals surface area contributed by atoms with Gasteiger partial charge in [0.05, 0.1) is 5.75 Å². The van der Waals surface area contributed by atoms with Gasteiger partial charge in [-0.25, -0.2) is 12.8 Å². The van der Waals surface area contributed by atoms with Gasteiger partial charge in [0.25, 0.3) is 0 Å². The van der Waals surface area contributed by atoms with Gasteiger partial charge >= 0.3 is 0 Å². The smallest absolute Gasteiger partial charge is 0.185 e. The molecule has 0 fully saturated rings. The van der Waals surface area contributed by atoms with Crippen LogP contribution in [0.15, 0.2) is 39.9 Å². The average molecular weight is 271 g/mol. The lowest BCUT2D eigenvalue weighted by Crippen LogP contribution is -2.07. The molecule has 0 saturated heterocycles. The van der Waals surface area contributed by atoms with E-state index in [9.17, 15) is 12.8 Å². The molecule has 2 rings (SSSR count). The molecule has 17 heavy (non-hydrogen) atoms. The Bertz CT molecular complexity index is 621. The molecule has 0 amide bonds. The number of thiophene rings is 1. The third-order valence-corrected chi connectivity index (χ3v) is 4.67. The molecular weight excluding hydrogens is 261 g/mol. The van der Waals surface area contributed by atoms with Crippen molar-refractivity contribution in [3.05, 3.63) is 46.4 Å². The fraction of sp³-hybridized carbons (Fsp3) is 0.0909. The SMILES string of the molecule is Nc1ccc(S(=O)(=O)Cc2ccsc2)c(F)c1. The highest BCUT2D eigenvalue weighted by Gasteiger charge is 2.19. The number of hydrogen-bond acceptors (Lipinski definition) is 4. The molecule has 2 N–H and O–H groups in total. The average Bonchev–Trinajstić information content (AvgIpc) is 2.68. The number of sulfone groups is 1. The minimum Gasteiger partial charge on any atom is -0.399 e. The second-order valence-corrected chi connectivity index (χ2v) is 6.32. The zero-order valence-electron chi connectivity index (χ0n) is 8.76. The van der Waals surface area contributed by atoms with E-state index < -0.39 is 15.7 Å². The highest BCUT2D eigenvalue weighted by atomic mass is 32.2. The first-order valence-corrected chi connectivity index (χ1v) is 7.37. The van der Waals surface area contributed by atoms with Crippen molar-refractivity contribution >= 4 is 26.9 Å². The minimum absolute atomic E-state index is 0.197. The van der Waals surface area contributed by atoms with Crippen molar-refractivity contribution in [2.24, 2.45) is 0 Å². The van der Waals surface area contributed by atoms with Crippen LogP contribution in [0, 0.1) is 5.82 Å². The number of nitrogens with two attached hydrogens (primary N) is 1. The van der Waals surface area contributed by atoms with E-state index in [1.807, 2.05) is 0 Å². The summed E-state index contributed by atoms with van der Waals surface area (Å²) >= 11 is 1.40. The number of rotatable bonds is 3. The topological polar surface area (TPSA) is 60.2 Å². The van der Waals surface area contributed by atoms with Crippen molar-refractivity contribution in [3.63, 3.8) is 0 Å². The van der Waals surface area contributed by atoms with Crippen LogP contribution in [0.5, 0.6) is 0 Å². The Kier molecular flexibility index (Phi) is 3.17. The number of hydrogen-bond donors (Lipinski definition) is 1. The third-order valence-electron chi connectivity index (χ3n) is 2.23. The van der Waals surface area contributed by atoms with E-state index in [4.69, 9.17) is 5.73 Å². The van der Waals surface area contributed by atoms with Gasteiger partial charge in [0.15, 0.2) is 9.84 Å². The van der Waals surface area contributed by atoms with Crippen molar-refractivity contribution in [3.8, 4) is 0 Å². The van der Waals surface area contributed by atoms with Crippen LogP contribution < -0.4 is 5.73 Å². The van der Waals surface area contributed by atoms with Crippen LogP contribution in [-0.2, 0) is 15.6 Å². The molecule has 0 aliphatic heterocycles. The van der Waals surface area contributed by atoms with Gasteiger partial charge in [-0.3, -0.25) is 0 Å². The normalized spacial score (nSPS) is 11.6. The Balaban J connectivity index is 2.38. The predicted octanol–water partition coefficient (Wildman–Crippen LogP) is 2.44. The summed E-state index contributed by atoms with van der Waals surface area (Å²) in [5.41, 5.74) is 6.24. The van der Waals surface area contributed by atoms with E-state index in [0.717, 1.165) is 6.07 Å². The maximum Gasteiger partial charge on any atom is 0.185 e. The van der Waals surface area contributed by atoms with Crippen molar-refractivity contribution in [2.45, 2.75) is 10.6 Å². The Hall–Kier alpha value is -1.40. The summed E-state index contributed by atoms with van der Waals surface area (Å²) in [5, 5.41) is 3.51. The third kappa shape index (κ3) is 2.65. The summed E-state index contributed by atoms with van der Waals surface area (Å²) in [6.07, 6.45) is 0. The maximum absolute atomic E-state index is 13.5. The lowest BCUT2D eigenvalue weighted by molar-refractivity contribution is 0.567. The molecule has 1 heterocycles. The van der Waals surface area contributed by atoms with E-state index in [1.54, 1.807) is 16.8 Å². The monoisotopic (exact) mass is 271 g/mol. The van der Waals surface area contributed by atoms with Crippen LogP contribution in [0.25, 0.3) is 0 Å². The number of benzene rings is 1. The highest BCUT2D eigenvalue weighted by molar-refractivity contribution is 7.90. The molecule has 0 radical (unpaired) electrons. The van der Waals surface area contributed by atoms with Crippen molar-refractivity contribution in [2.75, 3.05) is 5.73 Å². The Labute approximate surface area is 103 Å². The molecule has 0 bridgehead atoms. The van der Waals surface area contributed by atoms with E-state index in [1.165, 1.54) is 23.5 Å². The Morgan fingerprint density at radius 2 is 2.06 bits per heavy atom. The van der Waals surface area contributed by atoms with Crippen molar-refractivity contribution in [1.82, 2.24) is 0 Å². The van der Waals surface area contributed by atoms with Gasteiger partial charge in [-0.15, -0.1) is 0 Å². The summed E-state index contributed by atoms with van der Waals surface area (Å²) < 4.78 is 37.4. The molecule has 1 aromatic carbocycles. The standard InChI is InChI=1S/C11H10FNO2S2/c12-10-5-9(13)1-2-11(10)17(14,15)7-8-3-4-16-6-8/h1-6H,7,13H2. The number of halogens is 1. The first-order valence-electron chi connectivity index (χ1n) is 4.78. The molecule has 3 nitrogen and oxygen atoms in total. The van der Waals surface area contributed by atoms with Gasteiger partial charge in [0, 0.05) is 5.69 Å². The largest absolute Gasteiger partial charge is 0.399 e. The van der Waals surface area contributed by atoms with Crippen LogP contribution in [0.4, 0.5) is 10.1 Å². The molecular formula is C11H10FNO2S2. The van der Waals surface area contributed by atoms with Crippen molar-refractivity contribution in [1.29, 1.82) is 0 Å². The zero-order chi connectivity index (χ0) is 12.5. The maximum atomic E-state index is 13.5.